The lowest BCUT2D eigenvalue weighted by molar-refractivity contribution is 0.326. The molecule has 3 aromatic rings. The third kappa shape index (κ3) is 2.80. The molecule has 0 aliphatic carbocycles. The first-order valence-corrected chi connectivity index (χ1v) is 8.11. The number of nitrogens with one attached hydrogen (secondary N) is 2. The molecule has 0 amide bonds. The van der Waals surface area contributed by atoms with Gasteiger partial charge in [-0.1, -0.05) is 30.3 Å². The lowest BCUT2D eigenvalue weighted by Crippen LogP contribution is -2.20. The summed E-state index contributed by atoms with van der Waals surface area (Å²) in [6.07, 6.45) is 5.06. The molecular formula is C18H21N5. The predicted molar refractivity (Wildman–Crippen MR) is 90.0 cm³/mol. The van der Waals surface area contributed by atoms with Crippen molar-refractivity contribution < 1.29 is 0 Å². The molecule has 0 radical (unpaired) electrons. The second-order valence-corrected chi connectivity index (χ2v) is 6.32. The van der Waals surface area contributed by atoms with E-state index in [0.717, 1.165) is 25.3 Å². The minimum atomic E-state index is 0.560. The van der Waals surface area contributed by atoms with Crippen LogP contribution in [0.1, 0.15) is 29.2 Å². The van der Waals surface area contributed by atoms with Crippen LogP contribution in [0.15, 0.2) is 42.7 Å². The zero-order valence-corrected chi connectivity index (χ0v) is 13.3. The molecule has 1 aliphatic heterocycles. The summed E-state index contributed by atoms with van der Waals surface area (Å²) in [5.41, 5.74) is 6.15. The molecule has 2 aromatic heterocycles. The Balaban J connectivity index is 1.48. The van der Waals surface area contributed by atoms with E-state index in [1.165, 1.54) is 28.8 Å². The summed E-state index contributed by atoms with van der Waals surface area (Å²) in [6, 6.07) is 10.4. The second kappa shape index (κ2) is 6.01. The molecule has 0 bridgehead atoms. The van der Waals surface area contributed by atoms with E-state index < -0.39 is 0 Å². The number of aromatic nitrogens is 4. The molecule has 3 heterocycles. The van der Waals surface area contributed by atoms with E-state index >= 15 is 0 Å². The Bertz CT molecular complexity index is 774. The zero-order chi connectivity index (χ0) is 15.6. The first-order chi connectivity index (χ1) is 11.3. The smallest absolute Gasteiger partial charge is 0.0695 e. The third-order valence-corrected chi connectivity index (χ3v) is 4.72. The molecule has 1 aliphatic rings. The van der Waals surface area contributed by atoms with Crippen molar-refractivity contribution in [3.63, 3.8) is 0 Å². The van der Waals surface area contributed by atoms with Crippen LogP contribution in [-0.4, -0.2) is 38.4 Å². The minimum absolute atomic E-state index is 0.560. The van der Waals surface area contributed by atoms with Gasteiger partial charge in [-0.25, -0.2) is 0 Å². The average Bonchev–Trinajstić information content (AvgIpc) is 3.29. The van der Waals surface area contributed by atoms with Crippen LogP contribution in [0, 0.1) is 6.92 Å². The first kappa shape index (κ1) is 14.2. The Morgan fingerprint density at radius 3 is 2.74 bits per heavy atom. The highest BCUT2D eigenvalue weighted by Crippen LogP contribution is 2.30. The van der Waals surface area contributed by atoms with Crippen molar-refractivity contribution in [3.05, 3.63) is 59.5 Å². The highest BCUT2D eigenvalue weighted by atomic mass is 15.2. The molecule has 5 heteroatoms. The van der Waals surface area contributed by atoms with Crippen molar-refractivity contribution in [2.24, 2.45) is 0 Å². The zero-order valence-electron chi connectivity index (χ0n) is 13.3. The van der Waals surface area contributed by atoms with Gasteiger partial charge in [0.15, 0.2) is 0 Å². The minimum Gasteiger partial charge on any atom is -0.298 e. The highest BCUT2D eigenvalue weighted by molar-refractivity contribution is 5.62. The van der Waals surface area contributed by atoms with Crippen molar-refractivity contribution in [3.8, 4) is 11.3 Å². The van der Waals surface area contributed by atoms with E-state index in [-0.39, 0.29) is 0 Å². The van der Waals surface area contributed by atoms with Crippen LogP contribution < -0.4 is 0 Å². The van der Waals surface area contributed by atoms with Gasteiger partial charge in [-0.05, 0) is 31.0 Å². The Morgan fingerprint density at radius 1 is 1.13 bits per heavy atom. The number of nitrogens with zero attached hydrogens (tertiary/aromatic N) is 3. The van der Waals surface area contributed by atoms with Gasteiger partial charge in [0.2, 0.25) is 0 Å². The SMILES string of the molecule is Cc1cn[nH]c1[C@H]1CCN(Cc2cn[nH]c2-c2ccccc2)C1. The fraction of sp³-hybridized carbons (Fsp3) is 0.333. The van der Waals surface area contributed by atoms with Gasteiger partial charge in [0, 0.05) is 30.3 Å². The summed E-state index contributed by atoms with van der Waals surface area (Å²) in [6.45, 7) is 5.25. The Morgan fingerprint density at radius 2 is 1.96 bits per heavy atom. The summed E-state index contributed by atoms with van der Waals surface area (Å²) < 4.78 is 0. The monoisotopic (exact) mass is 307 g/mol. The quantitative estimate of drug-likeness (QED) is 0.778. The molecule has 118 valence electrons. The van der Waals surface area contributed by atoms with Crippen molar-refractivity contribution in [1.82, 2.24) is 25.3 Å². The molecule has 1 fully saturated rings. The molecule has 5 nitrogen and oxygen atoms in total. The molecule has 1 atom stereocenters. The van der Waals surface area contributed by atoms with Gasteiger partial charge in [-0.3, -0.25) is 15.1 Å². The van der Waals surface area contributed by atoms with Crippen LogP contribution >= 0.6 is 0 Å². The number of rotatable bonds is 4. The standard InChI is InChI=1S/C18H21N5/c1-13-9-19-21-17(13)15-7-8-23(11-15)12-16-10-20-22-18(16)14-5-3-2-4-6-14/h2-6,9-10,15H,7-8,11-12H2,1H3,(H,19,21)(H,20,22)/t15-/m0/s1. The molecule has 0 unspecified atom stereocenters. The Labute approximate surface area is 135 Å². The van der Waals surface area contributed by atoms with Crippen LogP contribution in [0.2, 0.25) is 0 Å². The van der Waals surface area contributed by atoms with E-state index in [9.17, 15) is 0 Å². The fourth-order valence-electron chi connectivity index (χ4n) is 3.51. The van der Waals surface area contributed by atoms with Crippen molar-refractivity contribution >= 4 is 0 Å². The van der Waals surface area contributed by atoms with Crippen LogP contribution in [0.4, 0.5) is 0 Å². The Hall–Kier alpha value is -2.40. The topological polar surface area (TPSA) is 60.6 Å². The van der Waals surface area contributed by atoms with E-state index in [4.69, 9.17) is 0 Å². The van der Waals surface area contributed by atoms with Crippen LogP contribution in [0.3, 0.4) is 0 Å². The summed E-state index contributed by atoms with van der Waals surface area (Å²) in [7, 11) is 0. The largest absolute Gasteiger partial charge is 0.298 e. The number of benzene rings is 1. The van der Waals surface area contributed by atoms with Crippen molar-refractivity contribution in [2.45, 2.75) is 25.8 Å². The van der Waals surface area contributed by atoms with E-state index in [1.54, 1.807) is 0 Å². The molecule has 1 saturated heterocycles. The molecule has 0 saturated carbocycles. The van der Waals surface area contributed by atoms with E-state index in [1.807, 2.05) is 18.5 Å². The van der Waals surface area contributed by atoms with Gasteiger partial charge in [0.1, 0.15) is 0 Å². The van der Waals surface area contributed by atoms with E-state index in [0.29, 0.717) is 5.92 Å². The van der Waals surface area contributed by atoms with Crippen molar-refractivity contribution in [1.29, 1.82) is 0 Å². The lowest BCUT2D eigenvalue weighted by atomic mass is 10.0. The number of hydrogen-bond donors (Lipinski definition) is 2. The maximum absolute atomic E-state index is 4.26. The van der Waals surface area contributed by atoms with Gasteiger partial charge >= 0.3 is 0 Å². The summed E-state index contributed by atoms with van der Waals surface area (Å²) in [4.78, 5) is 2.50. The molecule has 4 rings (SSSR count). The maximum atomic E-state index is 4.26. The van der Waals surface area contributed by atoms with Gasteiger partial charge < -0.3 is 0 Å². The van der Waals surface area contributed by atoms with Gasteiger partial charge in [-0.2, -0.15) is 10.2 Å². The molecule has 2 N–H and O–H groups in total. The molecule has 23 heavy (non-hydrogen) atoms. The van der Waals surface area contributed by atoms with Crippen LogP contribution in [0.25, 0.3) is 11.3 Å². The maximum Gasteiger partial charge on any atom is 0.0695 e. The Kier molecular flexibility index (Phi) is 3.71. The van der Waals surface area contributed by atoms with E-state index in [2.05, 4.69) is 56.5 Å². The number of aromatic amines is 2. The first-order valence-electron chi connectivity index (χ1n) is 8.11. The molecule has 1 aromatic carbocycles. The van der Waals surface area contributed by atoms with Gasteiger partial charge in [-0.15, -0.1) is 0 Å². The highest BCUT2D eigenvalue weighted by Gasteiger charge is 2.26. The van der Waals surface area contributed by atoms with Crippen LogP contribution in [0.5, 0.6) is 0 Å². The summed E-state index contributed by atoms with van der Waals surface area (Å²) in [5, 5.41) is 14.7. The van der Waals surface area contributed by atoms with Gasteiger partial charge in [0.05, 0.1) is 18.1 Å². The number of aryl methyl sites for hydroxylation is 1. The third-order valence-electron chi connectivity index (χ3n) is 4.72. The van der Waals surface area contributed by atoms with Crippen molar-refractivity contribution in [2.75, 3.05) is 13.1 Å². The van der Waals surface area contributed by atoms with Crippen LogP contribution in [-0.2, 0) is 6.54 Å². The molecular weight excluding hydrogens is 286 g/mol. The summed E-state index contributed by atoms with van der Waals surface area (Å²) >= 11 is 0. The molecule has 0 spiro atoms. The second-order valence-electron chi connectivity index (χ2n) is 6.32. The number of likely N-dealkylation sites (tertiary alicyclic amines) is 1. The predicted octanol–water partition coefficient (Wildman–Crippen LogP) is 3.10. The lowest BCUT2D eigenvalue weighted by Gasteiger charge is -2.16. The normalized spacial score (nSPS) is 18.6. The van der Waals surface area contributed by atoms with Gasteiger partial charge in [0.25, 0.3) is 0 Å². The number of hydrogen-bond acceptors (Lipinski definition) is 3. The number of H-pyrrole nitrogens is 2. The average molecular weight is 307 g/mol. The fourth-order valence-corrected chi connectivity index (χ4v) is 3.51. The summed E-state index contributed by atoms with van der Waals surface area (Å²) in [5.74, 6) is 0.560.